The molecule has 0 aliphatic rings. The van der Waals surface area contributed by atoms with Crippen molar-refractivity contribution >= 4 is 35.6 Å². The van der Waals surface area contributed by atoms with Crippen LogP contribution in [0.5, 0.6) is 5.75 Å². The van der Waals surface area contributed by atoms with Gasteiger partial charge in [-0.1, -0.05) is 18.2 Å². The number of anilines is 1. The number of hydrogen-bond donors (Lipinski definition) is 1. The van der Waals surface area contributed by atoms with Gasteiger partial charge in [-0.15, -0.1) is 24.0 Å². The molecule has 0 fully saturated rings. The van der Waals surface area contributed by atoms with Crippen molar-refractivity contribution in [1.29, 1.82) is 0 Å². The molecule has 0 bridgehead atoms. The Morgan fingerprint density at radius 3 is 2.17 bits per heavy atom. The van der Waals surface area contributed by atoms with E-state index in [9.17, 15) is 4.79 Å². The minimum absolute atomic E-state index is 0. The summed E-state index contributed by atoms with van der Waals surface area (Å²) < 4.78 is 5.05. The molecule has 94 valence electrons. The third-order valence-corrected chi connectivity index (χ3v) is 2.38. The molecule has 18 heavy (non-hydrogen) atoms. The molecule has 0 radical (unpaired) electrons. The van der Waals surface area contributed by atoms with Crippen LogP contribution in [0.15, 0.2) is 54.6 Å². The highest BCUT2D eigenvalue weighted by Gasteiger charge is 2.04. The maximum Gasteiger partial charge on any atom is 0.255 e. The minimum atomic E-state index is -0.115. The maximum absolute atomic E-state index is 11.8. The van der Waals surface area contributed by atoms with Gasteiger partial charge < -0.3 is 10.1 Å². The molecule has 0 spiro atoms. The lowest BCUT2D eigenvalue weighted by atomic mass is 10.2. The van der Waals surface area contributed by atoms with Gasteiger partial charge in [-0.3, -0.25) is 4.79 Å². The number of benzene rings is 2. The lowest BCUT2D eigenvalue weighted by molar-refractivity contribution is 0.102. The number of halogens is 1. The van der Waals surface area contributed by atoms with Crippen LogP contribution in [0.2, 0.25) is 0 Å². The number of nitrogens with one attached hydrogen (secondary N) is 1. The topological polar surface area (TPSA) is 38.3 Å². The van der Waals surface area contributed by atoms with Crippen molar-refractivity contribution in [2.45, 2.75) is 0 Å². The van der Waals surface area contributed by atoms with E-state index >= 15 is 0 Å². The van der Waals surface area contributed by atoms with Gasteiger partial charge in [0.2, 0.25) is 0 Å². The number of methoxy groups -OCH3 is 1. The van der Waals surface area contributed by atoms with E-state index in [4.69, 9.17) is 4.74 Å². The first kappa shape index (κ1) is 14.5. The summed E-state index contributed by atoms with van der Waals surface area (Å²) in [6, 6.07) is 16.3. The van der Waals surface area contributed by atoms with E-state index in [0.717, 1.165) is 11.4 Å². The summed E-state index contributed by atoms with van der Waals surface area (Å²) >= 11 is 0. The van der Waals surface area contributed by atoms with Crippen LogP contribution in [-0.2, 0) is 0 Å². The Balaban J connectivity index is 0.00000162. The van der Waals surface area contributed by atoms with E-state index in [-0.39, 0.29) is 29.9 Å². The van der Waals surface area contributed by atoms with Crippen LogP contribution in [0.3, 0.4) is 0 Å². The molecule has 0 aliphatic heterocycles. The zero-order valence-corrected chi connectivity index (χ0v) is 12.3. The molecule has 1 N–H and O–H groups in total. The Kier molecular flexibility index (Phi) is 5.64. The summed E-state index contributed by atoms with van der Waals surface area (Å²) in [7, 11) is 1.61. The first-order valence-corrected chi connectivity index (χ1v) is 5.30. The molecule has 0 saturated heterocycles. The van der Waals surface area contributed by atoms with Crippen molar-refractivity contribution in [2.75, 3.05) is 12.4 Å². The highest BCUT2D eigenvalue weighted by atomic mass is 127. The Morgan fingerprint density at radius 2 is 1.61 bits per heavy atom. The number of rotatable bonds is 3. The Morgan fingerprint density at radius 1 is 1.00 bits per heavy atom. The molecule has 0 saturated carbocycles. The zero-order chi connectivity index (χ0) is 12.1. The average Bonchev–Trinajstić information content (AvgIpc) is 2.40. The average molecular weight is 355 g/mol. The van der Waals surface area contributed by atoms with Gasteiger partial charge in [-0.25, -0.2) is 0 Å². The maximum atomic E-state index is 11.8. The van der Waals surface area contributed by atoms with Crippen LogP contribution in [0.1, 0.15) is 10.4 Å². The van der Waals surface area contributed by atoms with E-state index in [1.807, 2.05) is 18.2 Å². The van der Waals surface area contributed by atoms with Crippen LogP contribution >= 0.6 is 24.0 Å². The highest BCUT2D eigenvalue weighted by Crippen LogP contribution is 2.15. The van der Waals surface area contributed by atoms with E-state index in [2.05, 4.69) is 5.32 Å². The molecule has 4 heteroatoms. The number of amides is 1. The molecule has 2 aromatic rings. The fourth-order valence-corrected chi connectivity index (χ4v) is 1.47. The largest absolute Gasteiger partial charge is 0.497 e. The van der Waals surface area contributed by atoms with Gasteiger partial charge in [0, 0.05) is 11.3 Å². The molecular formula is C14H14INO2. The van der Waals surface area contributed by atoms with Crippen molar-refractivity contribution in [3.63, 3.8) is 0 Å². The van der Waals surface area contributed by atoms with Gasteiger partial charge in [0.25, 0.3) is 5.91 Å². The van der Waals surface area contributed by atoms with Gasteiger partial charge >= 0.3 is 0 Å². The molecular weight excluding hydrogens is 341 g/mol. The van der Waals surface area contributed by atoms with Crippen LogP contribution in [0, 0.1) is 0 Å². The summed E-state index contributed by atoms with van der Waals surface area (Å²) in [4.78, 5) is 11.8. The fourth-order valence-electron chi connectivity index (χ4n) is 1.47. The molecule has 0 unspecified atom stereocenters. The Bertz CT molecular complexity index is 497. The lowest BCUT2D eigenvalue weighted by Gasteiger charge is -2.06. The third-order valence-electron chi connectivity index (χ3n) is 2.38. The summed E-state index contributed by atoms with van der Waals surface area (Å²) in [6.07, 6.45) is 0. The minimum Gasteiger partial charge on any atom is -0.497 e. The second-order valence-corrected chi connectivity index (χ2v) is 3.55. The van der Waals surface area contributed by atoms with Crippen molar-refractivity contribution in [3.05, 3.63) is 60.2 Å². The zero-order valence-electron chi connectivity index (χ0n) is 9.92. The van der Waals surface area contributed by atoms with Crippen molar-refractivity contribution < 1.29 is 9.53 Å². The predicted molar refractivity (Wildman–Crippen MR) is 82.8 cm³/mol. The molecule has 0 aromatic heterocycles. The quantitative estimate of drug-likeness (QED) is 0.855. The van der Waals surface area contributed by atoms with Crippen molar-refractivity contribution in [3.8, 4) is 5.75 Å². The third kappa shape index (κ3) is 3.73. The number of carbonyl (C=O) groups excluding carboxylic acids is 1. The molecule has 0 atom stereocenters. The van der Waals surface area contributed by atoms with E-state index < -0.39 is 0 Å². The summed E-state index contributed by atoms with van der Waals surface area (Å²) in [5, 5.41) is 2.82. The molecule has 0 aliphatic carbocycles. The van der Waals surface area contributed by atoms with Gasteiger partial charge in [0.15, 0.2) is 0 Å². The van der Waals surface area contributed by atoms with Crippen LogP contribution in [-0.4, -0.2) is 13.0 Å². The second-order valence-electron chi connectivity index (χ2n) is 3.55. The highest BCUT2D eigenvalue weighted by molar-refractivity contribution is 14.0. The van der Waals surface area contributed by atoms with Crippen LogP contribution < -0.4 is 10.1 Å². The summed E-state index contributed by atoms with van der Waals surface area (Å²) in [6.45, 7) is 0. The molecule has 2 aromatic carbocycles. The standard InChI is InChI=1S/C14H13NO2.HI/c1-17-13-9-7-12(8-10-13)15-14(16)11-5-3-2-4-6-11;/h2-10H,1H3,(H,15,16);1H. The van der Waals surface area contributed by atoms with E-state index in [1.165, 1.54) is 0 Å². The van der Waals surface area contributed by atoms with Gasteiger partial charge in [-0.05, 0) is 36.4 Å². The van der Waals surface area contributed by atoms with Gasteiger partial charge in [0.05, 0.1) is 7.11 Å². The molecule has 0 heterocycles. The van der Waals surface area contributed by atoms with E-state index in [1.54, 1.807) is 43.5 Å². The number of ether oxygens (including phenoxy) is 1. The Hall–Kier alpha value is -1.56. The van der Waals surface area contributed by atoms with Gasteiger partial charge in [-0.2, -0.15) is 0 Å². The van der Waals surface area contributed by atoms with Crippen LogP contribution in [0.25, 0.3) is 0 Å². The molecule has 3 nitrogen and oxygen atoms in total. The van der Waals surface area contributed by atoms with Crippen molar-refractivity contribution in [2.24, 2.45) is 0 Å². The second kappa shape index (κ2) is 7.00. The Labute approximate surface area is 123 Å². The lowest BCUT2D eigenvalue weighted by Crippen LogP contribution is -2.11. The molecule has 2 rings (SSSR count). The SMILES string of the molecule is COc1ccc(NC(=O)c2ccccc2)cc1.I. The normalized spacial score (nSPS) is 9.17. The first-order chi connectivity index (χ1) is 8.29. The summed E-state index contributed by atoms with van der Waals surface area (Å²) in [5.41, 5.74) is 1.39. The molecule has 1 amide bonds. The number of hydrogen-bond acceptors (Lipinski definition) is 2. The number of carbonyl (C=O) groups is 1. The first-order valence-electron chi connectivity index (χ1n) is 5.30. The van der Waals surface area contributed by atoms with Crippen LogP contribution in [0.4, 0.5) is 5.69 Å². The van der Waals surface area contributed by atoms with Gasteiger partial charge in [0.1, 0.15) is 5.75 Å². The predicted octanol–water partition coefficient (Wildman–Crippen LogP) is 3.57. The van der Waals surface area contributed by atoms with E-state index in [0.29, 0.717) is 5.56 Å². The van der Waals surface area contributed by atoms with Crippen molar-refractivity contribution in [1.82, 2.24) is 0 Å². The smallest absolute Gasteiger partial charge is 0.255 e. The fraction of sp³-hybridized carbons (Fsp3) is 0.0714. The monoisotopic (exact) mass is 355 g/mol. The summed E-state index contributed by atoms with van der Waals surface area (Å²) in [5.74, 6) is 0.651.